The molecule has 0 amide bonds. The van der Waals surface area contributed by atoms with Gasteiger partial charge in [-0.15, -0.1) is 0 Å². The van der Waals surface area contributed by atoms with Crippen LogP contribution in [0.2, 0.25) is 0 Å². The maximum Gasteiger partial charge on any atom is 0.143 e. The van der Waals surface area contributed by atoms with Crippen LogP contribution in [0.5, 0.6) is 0 Å². The van der Waals surface area contributed by atoms with Crippen LogP contribution in [0.1, 0.15) is 0 Å². The van der Waals surface area contributed by atoms with Gasteiger partial charge in [0.25, 0.3) is 0 Å². The molecule has 0 aliphatic rings. The van der Waals surface area contributed by atoms with Crippen molar-refractivity contribution < 1.29 is 4.42 Å². The third-order valence-electron chi connectivity index (χ3n) is 8.79. The Morgan fingerprint density at radius 1 is 0.409 bits per heavy atom. The third-order valence-corrected chi connectivity index (χ3v) is 8.79. The average Bonchev–Trinajstić information content (AvgIpc) is 3.48. The number of hydrogen-bond donors (Lipinski definition) is 0. The van der Waals surface area contributed by atoms with Crippen LogP contribution in [0.15, 0.2) is 168 Å². The molecule has 2 heteroatoms. The van der Waals surface area contributed by atoms with E-state index in [1.54, 1.807) is 0 Å². The number of fused-ring (bicyclic) bond motifs is 7. The quantitative estimate of drug-likeness (QED) is 0.212. The molecule has 44 heavy (non-hydrogen) atoms. The van der Waals surface area contributed by atoms with Crippen LogP contribution in [-0.2, 0) is 0 Å². The summed E-state index contributed by atoms with van der Waals surface area (Å²) in [4.78, 5) is 2.41. The van der Waals surface area contributed by atoms with Crippen molar-refractivity contribution in [3.63, 3.8) is 0 Å². The van der Waals surface area contributed by atoms with Crippen LogP contribution in [-0.4, -0.2) is 0 Å². The maximum atomic E-state index is 6.67. The van der Waals surface area contributed by atoms with E-state index in [2.05, 4.69) is 169 Å². The van der Waals surface area contributed by atoms with Gasteiger partial charge in [-0.05, 0) is 69.1 Å². The summed E-state index contributed by atoms with van der Waals surface area (Å²) in [6.45, 7) is 0. The van der Waals surface area contributed by atoms with Crippen LogP contribution in [0.3, 0.4) is 0 Å². The predicted octanol–water partition coefficient (Wildman–Crippen LogP) is 12.2. The fraction of sp³-hybridized carbons (Fsp3) is 0. The van der Waals surface area contributed by atoms with E-state index in [0.29, 0.717) is 0 Å². The Labute approximate surface area is 255 Å². The minimum Gasteiger partial charge on any atom is -0.455 e. The number of rotatable bonds is 4. The SMILES string of the molecule is c1ccc(-c2cccc3oc4c5ccccc5c(N(c5ccc6ccccc6c5)c5ccc6ccccc6c5)cc4c23)cc1. The second-order valence-corrected chi connectivity index (χ2v) is 11.4. The van der Waals surface area contributed by atoms with E-state index in [-0.39, 0.29) is 0 Å². The fourth-order valence-electron chi connectivity index (χ4n) is 6.73. The molecule has 2 nitrogen and oxygen atoms in total. The van der Waals surface area contributed by atoms with E-state index >= 15 is 0 Å². The summed E-state index contributed by atoms with van der Waals surface area (Å²) in [5, 5.41) is 9.36. The number of benzene rings is 8. The maximum absolute atomic E-state index is 6.67. The molecule has 9 rings (SSSR count). The Balaban J connectivity index is 1.40. The van der Waals surface area contributed by atoms with Gasteiger partial charge in [0.1, 0.15) is 11.2 Å². The molecule has 0 aliphatic heterocycles. The molecule has 0 saturated heterocycles. The zero-order chi connectivity index (χ0) is 29.0. The molecule has 0 bridgehead atoms. The number of nitrogens with zero attached hydrogens (tertiary/aromatic N) is 1. The molecule has 0 fully saturated rings. The standard InChI is InChI=1S/C42H27NO/c1-2-13-30(14-3-1)35-19-10-20-40-41(35)38-27-39(36-17-8-9-18-37(36)42(38)44-40)43(33-23-21-28-11-4-6-15-31(28)25-33)34-24-22-29-12-5-7-16-32(29)26-34/h1-27H. The molecule has 0 aliphatic carbocycles. The number of hydrogen-bond acceptors (Lipinski definition) is 2. The topological polar surface area (TPSA) is 16.4 Å². The predicted molar refractivity (Wildman–Crippen MR) is 186 cm³/mol. The van der Waals surface area contributed by atoms with Gasteiger partial charge in [0.05, 0.1) is 5.69 Å². The zero-order valence-electron chi connectivity index (χ0n) is 23.9. The van der Waals surface area contributed by atoms with Gasteiger partial charge < -0.3 is 9.32 Å². The van der Waals surface area contributed by atoms with Gasteiger partial charge in [-0.3, -0.25) is 0 Å². The molecule has 206 valence electrons. The second kappa shape index (κ2) is 9.86. The van der Waals surface area contributed by atoms with E-state index in [4.69, 9.17) is 4.42 Å². The summed E-state index contributed by atoms with van der Waals surface area (Å²) in [7, 11) is 0. The summed E-state index contributed by atoms with van der Waals surface area (Å²) >= 11 is 0. The summed E-state index contributed by atoms with van der Waals surface area (Å²) in [6.07, 6.45) is 0. The highest BCUT2D eigenvalue weighted by atomic mass is 16.3. The van der Waals surface area contributed by atoms with Crippen molar-refractivity contribution in [3.05, 3.63) is 164 Å². The first kappa shape index (κ1) is 24.7. The number of furan rings is 1. The van der Waals surface area contributed by atoms with Crippen LogP contribution in [0.25, 0.3) is 65.4 Å². The lowest BCUT2D eigenvalue weighted by Gasteiger charge is -2.28. The van der Waals surface area contributed by atoms with E-state index in [1.807, 2.05) is 0 Å². The first-order valence-corrected chi connectivity index (χ1v) is 15.0. The van der Waals surface area contributed by atoms with Gasteiger partial charge in [0.15, 0.2) is 0 Å². The summed E-state index contributed by atoms with van der Waals surface area (Å²) in [5.74, 6) is 0. The molecule has 0 spiro atoms. The van der Waals surface area contributed by atoms with Crippen LogP contribution >= 0.6 is 0 Å². The minimum atomic E-state index is 0.895. The first-order chi connectivity index (χ1) is 21.8. The molecule has 1 aromatic heterocycles. The lowest BCUT2D eigenvalue weighted by molar-refractivity contribution is 0.673. The number of anilines is 3. The lowest BCUT2D eigenvalue weighted by atomic mass is 9.97. The first-order valence-electron chi connectivity index (χ1n) is 15.0. The summed E-state index contributed by atoms with van der Waals surface area (Å²) in [5.41, 5.74) is 7.50. The Hall–Kier alpha value is -5.86. The van der Waals surface area contributed by atoms with Crippen LogP contribution in [0, 0.1) is 0 Å². The van der Waals surface area contributed by atoms with Gasteiger partial charge in [-0.1, -0.05) is 127 Å². The molecule has 0 atom stereocenters. The molecule has 8 aromatic carbocycles. The highest BCUT2D eigenvalue weighted by molar-refractivity contribution is 6.22. The van der Waals surface area contributed by atoms with Gasteiger partial charge in [0.2, 0.25) is 0 Å². The Morgan fingerprint density at radius 2 is 1.00 bits per heavy atom. The monoisotopic (exact) mass is 561 g/mol. The Morgan fingerprint density at radius 3 is 1.68 bits per heavy atom. The van der Waals surface area contributed by atoms with Gasteiger partial charge in [-0.25, -0.2) is 0 Å². The van der Waals surface area contributed by atoms with Crippen molar-refractivity contribution >= 4 is 71.3 Å². The van der Waals surface area contributed by atoms with E-state index < -0.39 is 0 Å². The Kier molecular flexibility index (Phi) is 5.54. The average molecular weight is 562 g/mol. The van der Waals surface area contributed by atoms with Crippen LogP contribution < -0.4 is 4.90 Å². The summed E-state index contributed by atoms with van der Waals surface area (Å²) < 4.78 is 6.67. The normalized spacial score (nSPS) is 11.6. The van der Waals surface area contributed by atoms with Crippen molar-refractivity contribution in [2.24, 2.45) is 0 Å². The van der Waals surface area contributed by atoms with Crippen molar-refractivity contribution in [1.29, 1.82) is 0 Å². The molecular formula is C42H27NO. The third kappa shape index (κ3) is 3.89. The molecule has 0 saturated carbocycles. The minimum absolute atomic E-state index is 0.895. The van der Waals surface area contributed by atoms with Crippen molar-refractivity contribution in [3.8, 4) is 11.1 Å². The van der Waals surface area contributed by atoms with Gasteiger partial charge >= 0.3 is 0 Å². The fourth-order valence-corrected chi connectivity index (χ4v) is 6.73. The molecule has 0 radical (unpaired) electrons. The summed E-state index contributed by atoms with van der Waals surface area (Å²) in [6, 6.07) is 58.6. The smallest absolute Gasteiger partial charge is 0.143 e. The van der Waals surface area contributed by atoms with E-state index in [1.165, 1.54) is 32.7 Å². The molecule has 0 N–H and O–H groups in total. The molecule has 0 unspecified atom stereocenters. The largest absolute Gasteiger partial charge is 0.455 e. The van der Waals surface area contributed by atoms with E-state index in [0.717, 1.165) is 49.8 Å². The van der Waals surface area contributed by atoms with Gasteiger partial charge in [0, 0.05) is 32.9 Å². The van der Waals surface area contributed by atoms with Gasteiger partial charge in [-0.2, -0.15) is 0 Å². The van der Waals surface area contributed by atoms with E-state index in [9.17, 15) is 0 Å². The van der Waals surface area contributed by atoms with Crippen molar-refractivity contribution in [2.75, 3.05) is 4.90 Å². The molecule has 9 aromatic rings. The zero-order valence-corrected chi connectivity index (χ0v) is 23.9. The Bertz CT molecular complexity index is 2430. The van der Waals surface area contributed by atoms with Crippen LogP contribution in [0.4, 0.5) is 17.1 Å². The lowest BCUT2D eigenvalue weighted by Crippen LogP contribution is -2.10. The highest BCUT2D eigenvalue weighted by Gasteiger charge is 2.22. The van der Waals surface area contributed by atoms with Crippen molar-refractivity contribution in [2.45, 2.75) is 0 Å². The highest BCUT2D eigenvalue weighted by Crippen LogP contribution is 2.46. The van der Waals surface area contributed by atoms with Crippen molar-refractivity contribution in [1.82, 2.24) is 0 Å². The second-order valence-electron chi connectivity index (χ2n) is 11.4. The molecular weight excluding hydrogens is 534 g/mol. The molecule has 1 heterocycles.